The molecule has 2 saturated carbocycles. The largest absolute Gasteiger partial charge is 0.493 e. The highest BCUT2D eigenvalue weighted by molar-refractivity contribution is 6.16. The van der Waals surface area contributed by atoms with Crippen LogP contribution in [0.5, 0.6) is 23.0 Å². The van der Waals surface area contributed by atoms with Crippen LogP contribution in [0.15, 0.2) is 72.9 Å². The van der Waals surface area contributed by atoms with E-state index in [9.17, 15) is 14.4 Å². The van der Waals surface area contributed by atoms with Gasteiger partial charge in [0.1, 0.15) is 17.8 Å². The number of nitrogens with one attached hydrogen (secondary N) is 3. The minimum atomic E-state index is -1.20. The number of aromatic nitrogens is 1. The first-order valence-electron chi connectivity index (χ1n) is 14.0. The van der Waals surface area contributed by atoms with Gasteiger partial charge in [0.15, 0.2) is 23.1 Å². The molecule has 2 aliphatic carbocycles. The van der Waals surface area contributed by atoms with Gasteiger partial charge in [-0.1, -0.05) is 18.2 Å². The van der Waals surface area contributed by atoms with Crippen molar-refractivity contribution >= 4 is 40.2 Å². The van der Waals surface area contributed by atoms with Crippen molar-refractivity contribution in [3.63, 3.8) is 0 Å². The second-order valence-electron chi connectivity index (χ2n) is 10.9. The molecule has 6 rings (SSSR count). The molecule has 4 N–H and O–H groups in total. The summed E-state index contributed by atoms with van der Waals surface area (Å²) in [6, 6.07) is 17.8. The molecule has 3 aromatic carbocycles. The van der Waals surface area contributed by atoms with Crippen molar-refractivity contribution in [2.75, 3.05) is 24.4 Å². The highest BCUT2D eigenvalue weighted by Gasteiger charge is 2.56. The van der Waals surface area contributed by atoms with E-state index in [-0.39, 0.29) is 18.0 Å². The van der Waals surface area contributed by atoms with Crippen LogP contribution in [0.3, 0.4) is 0 Å². The van der Waals surface area contributed by atoms with Gasteiger partial charge in [-0.25, -0.2) is 9.18 Å². The van der Waals surface area contributed by atoms with Gasteiger partial charge in [-0.05, 0) is 62.1 Å². The van der Waals surface area contributed by atoms with Gasteiger partial charge in [0.25, 0.3) is 0 Å². The van der Waals surface area contributed by atoms with E-state index in [2.05, 4.69) is 20.9 Å². The molecule has 12 heteroatoms. The van der Waals surface area contributed by atoms with Crippen LogP contribution in [-0.4, -0.2) is 47.3 Å². The van der Waals surface area contributed by atoms with E-state index >= 15 is 4.39 Å². The third kappa shape index (κ3) is 5.91. The van der Waals surface area contributed by atoms with Gasteiger partial charge in [-0.3, -0.25) is 14.6 Å². The van der Waals surface area contributed by atoms with Crippen LogP contribution in [0.4, 0.5) is 20.6 Å². The van der Waals surface area contributed by atoms with Crippen molar-refractivity contribution in [3.8, 4) is 23.0 Å². The molecule has 0 spiro atoms. The summed E-state index contributed by atoms with van der Waals surface area (Å²) in [6.45, 7) is 0.129. The predicted molar refractivity (Wildman–Crippen MR) is 159 cm³/mol. The summed E-state index contributed by atoms with van der Waals surface area (Å²) in [4.78, 5) is 41.3. The smallest absolute Gasteiger partial charge is 0.405 e. The number of para-hydroxylation sites is 1. The topological polar surface area (TPSA) is 148 Å². The number of carboxylic acid groups (broad SMARTS) is 1. The fourth-order valence-corrected chi connectivity index (χ4v) is 4.87. The van der Waals surface area contributed by atoms with E-state index < -0.39 is 34.7 Å². The molecule has 2 aliphatic rings. The maximum absolute atomic E-state index is 15.2. The maximum Gasteiger partial charge on any atom is 0.405 e. The van der Waals surface area contributed by atoms with Crippen LogP contribution < -0.4 is 30.2 Å². The normalized spacial score (nSPS) is 15.5. The Kier molecular flexibility index (Phi) is 7.41. The average molecular weight is 601 g/mol. The fourth-order valence-electron chi connectivity index (χ4n) is 4.87. The van der Waals surface area contributed by atoms with E-state index in [1.807, 2.05) is 6.07 Å². The summed E-state index contributed by atoms with van der Waals surface area (Å²) >= 11 is 0. The average Bonchev–Trinajstić information content (AvgIpc) is 3.94. The highest BCUT2D eigenvalue weighted by atomic mass is 19.1. The molecule has 1 aromatic heterocycles. The lowest BCUT2D eigenvalue weighted by atomic mass is 10.0. The first kappa shape index (κ1) is 28.7. The zero-order chi connectivity index (χ0) is 30.9. The maximum atomic E-state index is 15.2. The van der Waals surface area contributed by atoms with Crippen molar-refractivity contribution in [1.82, 2.24) is 10.3 Å². The van der Waals surface area contributed by atoms with Crippen LogP contribution in [0.2, 0.25) is 0 Å². The molecule has 11 nitrogen and oxygen atoms in total. The number of halogens is 1. The lowest BCUT2D eigenvalue weighted by Crippen LogP contribution is -2.40. The number of hydrogen-bond acceptors (Lipinski definition) is 7. The third-order valence-electron chi connectivity index (χ3n) is 7.78. The van der Waals surface area contributed by atoms with Gasteiger partial charge in [-0.15, -0.1) is 0 Å². The number of benzene rings is 3. The minimum Gasteiger partial charge on any atom is -0.493 e. The lowest BCUT2D eigenvalue weighted by Gasteiger charge is -2.18. The van der Waals surface area contributed by atoms with Crippen molar-refractivity contribution < 1.29 is 38.1 Å². The number of nitrogens with zero attached hydrogens (tertiary/aromatic N) is 1. The summed E-state index contributed by atoms with van der Waals surface area (Å²) < 4.78 is 32.5. The number of amides is 3. The zero-order valence-corrected chi connectivity index (χ0v) is 23.7. The van der Waals surface area contributed by atoms with E-state index in [4.69, 9.17) is 19.3 Å². The van der Waals surface area contributed by atoms with E-state index in [1.165, 1.54) is 25.4 Å². The number of carbonyl (C=O) groups excluding carboxylic acids is 2. The summed E-state index contributed by atoms with van der Waals surface area (Å²) in [5.74, 6) is -0.677. The second-order valence-corrected chi connectivity index (χ2v) is 10.9. The molecule has 226 valence electrons. The first-order chi connectivity index (χ1) is 21.2. The molecular formula is C32H29FN4O7. The first-order valence-corrected chi connectivity index (χ1v) is 14.0. The molecule has 3 amide bonds. The Hall–Kier alpha value is -5.39. The lowest BCUT2D eigenvalue weighted by molar-refractivity contribution is -0.131. The molecule has 0 radical (unpaired) electrons. The van der Waals surface area contributed by atoms with Gasteiger partial charge >= 0.3 is 6.09 Å². The number of carbonyl (C=O) groups is 3. The Bertz CT molecular complexity index is 1760. The number of anilines is 2. The van der Waals surface area contributed by atoms with Crippen molar-refractivity contribution in [3.05, 3.63) is 78.7 Å². The summed E-state index contributed by atoms with van der Waals surface area (Å²) in [5, 5.41) is 17.5. The number of fused-ring (bicyclic) bond motifs is 1. The number of rotatable bonds is 11. The van der Waals surface area contributed by atoms with E-state index in [0.29, 0.717) is 59.5 Å². The van der Waals surface area contributed by atoms with Crippen LogP contribution in [0.1, 0.15) is 25.7 Å². The van der Waals surface area contributed by atoms with Gasteiger partial charge in [0, 0.05) is 35.1 Å². The molecule has 0 unspecified atom stereocenters. The Morgan fingerprint density at radius 2 is 1.59 bits per heavy atom. The van der Waals surface area contributed by atoms with Crippen molar-refractivity contribution in [1.29, 1.82) is 0 Å². The number of methoxy groups -OCH3 is 1. The molecule has 0 bridgehead atoms. The van der Waals surface area contributed by atoms with E-state index in [0.717, 1.165) is 6.07 Å². The number of ether oxygens (including phenoxy) is 3. The molecule has 2 fully saturated rings. The Balaban J connectivity index is 1.15. The van der Waals surface area contributed by atoms with Gasteiger partial charge in [0.2, 0.25) is 11.8 Å². The molecule has 1 heterocycles. The predicted octanol–water partition coefficient (Wildman–Crippen LogP) is 5.71. The van der Waals surface area contributed by atoms with E-state index in [1.54, 1.807) is 42.5 Å². The van der Waals surface area contributed by atoms with Gasteiger partial charge < -0.3 is 35.3 Å². The van der Waals surface area contributed by atoms with Crippen LogP contribution >= 0.6 is 0 Å². The standard InChI is InChI=1S/C32H29FN4O7/c1-42-26-16-21-23(17-27(26)43-18-31(10-11-31)37-30(40)41)34-14-9-24(21)44-25-8-7-20(15-22(25)33)36-29(39)32(12-13-32)28(38)35-19-5-3-2-4-6-19/h2-9,14-17,37H,10-13,18H2,1H3,(H,35,38)(H,36,39)(H,40,41). The third-order valence-corrected chi connectivity index (χ3v) is 7.78. The molecule has 0 saturated heterocycles. The quantitative estimate of drug-likeness (QED) is 0.160. The molecule has 0 aliphatic heterocycles. The van der Waals surface area contributed by atoms with Crippen LogP contribution in [0.25, 0.3) is 10.9 Å². The summed E-state index contributed by atoms with van der Waals surface area (Å²) in [5.41, 5.74) is -0.560. The molecule has 4 aromatic rings. The molecular weight excluding hydrogens is 571 g/mol. The number of pyridine rings is 1. The van der Waals surface area contributed by atoms with Gasteiger partial charge in [0.05, 0.1) is 18.2 Å². The Morgan fingerprint density at radius 1 is 0.864 bits per heavy atom. The van der Waals surface area contributed by atoms with Crippen molar-refractivity contribution in [2.45, 2.75) is 31.2 Å². The second kappa shape index (κ2) is 11.4. The summed E-state index contributed by atoms with van der Waals surface area (Å²) in [6.07, 6.45) is 2.53. The fraction of sp³-hybridized carbons (Fsp3) is 0.250. The van der Waals surface area contributed by atoms with Gasteiger partial charge in [-0.2, -0.15) is 0 Å². The highest BCUT2D eigenvalue weighted by Crippen LogP contribution is 2.48. The minimum absolute atomic E-state index is 0.0897. The zero-order valence-electron chi connectivity index (χ0n) is 23.7. The molecule has 44 heavy (non-hydrogen) atoms. The summed E-state index contributed by atoms with van der Waals surface area (Å²) in [7, 11) is 1.47. The Morgan fingerprint density at radius 3 is 2.23 bits per heavy atom. The SMILES string of the molecule is COc1cc2c(Oc3ccc(NC(=O)C4(C(=O)Nc5ccccc5)CC4)cc3F)ccnc2cc1OCC1(NC(=O)O)CC1. The Labute approximate surface area is 251 Å². The van der Waals surface area contributed by atoms with Crippen LogP contribution in [0, 0.1) is 11.2 Å². The van der Waals surface area contributed by atoms with Crippen LogP contribution in [-0.2, 0) is 9.59 Å². The molecule has 0 atom stereocenters. The monoisotopic (exact) mass is 600 g/mol. The van der Waals surface area contributed by atoms with Crippen molar-refractivity contribution in [2.24, 2.45) is 5.41 Å². The number of hydrogen-bond donors (Lipinski definition) is 4.